The third-order valence-electron chi connectivity index (χ3n) is 5.09. The maximum absolute atomic E-state index is 13.1. The van der Waals surface area contributed by atoms with Crippen LogP contribution in [0.5, 0.6) is 0 Å². The Morgan fingerprint density at radius 1 is 1.35 bits per heavy atom. The number of benzene rings is 1. The first-order valence-corrected chi connectivity index (χ1v) is 8.98. The van der Waals surface area contributed by atoms with Gasteiger partial charge in [-0.15, -0.1) is 5.10 Å². The number of rotatable bonds is 3. The zero-order valence-corrected chi connectivity index (χ0v) is 15.0. The highest BCUT2D eigenvalue weighted by Crippen LogP contribution is 2.31. The van der Waals surface area contributed by atoms with E-state index in [1.54, 1.807) is 15.8 Å². The van der Waals surface area contributed by atoms with Crippen LogP contribution in [-0.4, -0.2) is 49.0 Å². The first-order valence-electron chi connectivity index (χ1n) is 8.98. The van der Waals surface area contributed by atoms with E-state index in [0.717, 1.165) is 17.3 Å². The van der Waals surface area contributed by atoms with Crippen molar-refractivity contribution in [2.24, 2.45) is 0 Å². The zero-order chi connectivity index (χ0) is 18.3. The summed E-state index contributed by atoms with van der Waals surface area (Å²) < 4.78 is 1.73. The highest BCUT2D eigenvalue weighted by molar-refractivity contribution is 6.05. The van der Waals surface area contributed by atoms with Crippen LogP contribution < -0.4 is 0 Å². The van der Waals surface area contributed by atoms with Gasteiger partial charge in [-0.2, -0.15) is 0 Å². The van der Waals surface area contributed by atoms with Gasteiger partial charge in [-0.3, -0.25) is 4.79 Å². The number of likely N-dealkylation sites (tertiary alicyclic amines) is 1. The van der Waals surface area contributed by atoms with Gasteiger partial charge in [0, 0.05) is 24.2 Å². The third-order valence-corrected chi connectivity index (χ3v) is 5.09. The quantitative estimate of drug-likeness (QED) is 0.757. The summed E-state index contributed by atoms with van der Waals surface area (Å²) in [5.74, 6) is -0.0765. The predicted molar refractivity (Wildman–Crippen MR) is 97.7 cm³/mol. The Bertz CT molecular complexity index is 944. The van der Waals surface area contributed by atoms with Crippen LogP contribution in [0.3, 0.4) is 0 Å². The molecule has 0 radical (unpaired) electrons. The smallest absolute Gasteiger partial charge is 0.256 e. The summed E-state index contributed by atoms with van der Waals surface area (Å²) in [6.07, 6.45) is 4.90. The normalized spacial score (nSPS) is 20.8. The second-order valence-corrected chi connectivity index (χ2v) is 7.29. The molecule has 1 amide bonds. The predicted octanol–water partition coefficient (Wildman–Crippen LogP) is 2.46. The van der Waals surface area contributed by atoms with Gasteiger partial charge in [0.05, 0.1) is 23.8 Å². The van der Waals surface area contributed by atoms with Crippen LogP contribution in [0.4, 0.5) is 0 Å². The van der Waals surface area contributed by atoms with E-state index in [9.17, 15) is 9.90 Å². The molecule has 3 heterocycles. The van der Waals surface area contributed by atoms with E-state index in [-0.39, 0.29) is 18.5 Å². The van der Waals surface area contributed by atoms with E-state index in [0.29, 0.717) is 24.2 Å². The molecule has 26 heavy (non-hydrogen) atoms. The summed E-state index contributed by atoms with van der Waals surface area (Å²) in [4.78, 5) is 18.0. The number of fused-ring (bicyclic) bond motifs is 1. The molecule has 0 aliphatic carbocycles. The molecular formula is C19H23N5O2. The van der Waals surface area contributed by atoms with E-state index in [1.807, 2.05) is 44.3 Å². The topological polar surface area (TPSA) is 87.0 Å². The van der Waals surface area contributed by atoms with Gasteiger partial charge in [0.1, 0.15) is 11.3 Å². The Kier molecular flexibility index (Phi) is 4.03. The Morgan fingerprint density at radius 3 is 2.96 bits per heavy atom. The Labute approximate surface area is 151 Å². The Balaban J connectivity index is 1.61. The van der Waals surface area contributed by atoms with Crippen molar-refractivity contribution in [3.63, 3.8) is 0 Å². The number of hydrogen-bond acceptors (Lipinski definition) is 4. The lowest BCUT2D eigenvalue weighted by Crippen LogP contribution is -2.48. The largest absolute Gasteiger partial charge is 0.382 e. The number of H-pyrrole nitrogens is 1. The fourth-order valence-electron chi connectivity index (χ4n) is 3.59. The number of nitrogens with zero attached hydrogens (tertiary/aromatic N) is 4. The molecule has 1 atom stereocenters. The highest BCUT2D eigenvalue weighted by atomic mass is 16.3. The minimum Gasteiger partial charge on any atom is -0.382 e. The highest BCUT2D eigenvalue weighted by Gasteiger charge is 2.39. The van der Waals surface area contributed by atoms with Crippen molar-refractivity contribution < 1.29 is 9.90 Å². The number of nitrogens with one attached hydrogen (secondary N) is 1. The lowest BCUT2D eigenvalue weighted by Gasteiger charge is -2.38. The van der Waals surface area contributed by atoms with Crippen LogP contribution in [0.1, 0.15) is 48.8 Å². The first kappa shape index (κ1) is 16.8. The van der Waals surface area contributed by atoms with E-state index in [1.165, 1.54) is 0 Å². The van der Waals surface area contributed by atoms with Gasteiger partial charge in [-0.25, -0.2) is 4.68 Å². The van der Waals surface area contributed by atoms with Gasteiger partial charge in [0.15, 0.2) is 0 Å². The monoisotopic (exact) mass is 353 g/mol. The maximum Gasteiger partial charge on any atom is 0.256 e. The second-order valence-electron chi connectivity index (χ2n) is 7.29. The Morgan fingerprint density at radius 2 is 2.19 bits per heavy atom. The van der Waals surface area contributed by atoms with Gasteiger partial charge >= 0.3 is 0 Å². The molecule has 0 bridgehead atoms. The summed E-state index contributed by atoms with van der Waals surface area (Å²) in [7, 11) is 0. The van der Waals surface area contributed by atoms with E-state index >= 15 is 0 Å². The van der Waals surface area contributed by atoms with E-state index in [4.69, 9.17) is 0 Å². The summed E-state index contributed by atoms with van der Waals surface area (Å²) in [6, 6.07) is 7.80. The zero-order valence-electron chi connectivity index (χ0n) is 15.0. The van der Waals surface area contributed by atoms with E-state index in [2.05, 4.69) is 15.3 Å². The summed E-state index contributed by atoms with van der Waals surface area (Å²) in [5, 5.41) is 20.4. The molecule has 4 rings (SSSR count). The van der Waals surface area contributed by atoms with Crippen molar-refractivity contribution in [2.45, 2.75) is 38.3 Å². The van der Waals surface area contributed by atoms with E-state index < -0.39 is 5.60 Å². The van der Waals surface area contributed by atoms with Crippen LogP contribution in [0.2, 0.25) is 0 Å². The molecule has 7 nitrogen and oxygen atoms in total. The molecule has 0 saturated carbocycles. The number of para-hydroxylation sites is 1. The molecule has 0 spiro atoms. The molecule has 1 saturated heterocycles. The molecule has 1 aromatic carbocycles. The number of carbonyl (C=O) groups excluding carboxylic acids is 1. The van der Waals surface area contributed by atoms with Crippen LogP contribution in [-0.2, 0) is 5.60 Å². The number of aliphatic hydroxyl groups is 1. The van der Waals surface area contributed by atoms with Crippen molar-refractivity contribution in [3.8, 4) is 0 Å². The number of aromatic nitrogens is 4. The molecule has 0 unspecified atom stereocenters. The average Bonchev–Trinajstić information content (AvgIpc) is 3.30. The number of piperidine rings is 1. The summed E-state index contributed by atoms with van der Waals surface area (Å²) in [6.45, 7) is 4.86. The van der Waals surface area contributed by atoms with Crippen molar-refractivity contribution in [2.75, 3.05) is 13.1 Å². The second kappa shape index (κ2) is 6.25. The van der Waals surface area contributed by atoms with Crippen molar-refractivity contribution in [1.82, 2.24) is 24.9 Å². The number of β-amino-alcohol motifs (C(OH)–C–C–N with tert-alkyl or cyclic N) is 1. The fraction of sp³-hybridized carbons (Fsp3) is 0.421. The molecule has 2 aromatic heterocycles. The molecular weight excluding hydrogens is 330 g/mol. The number of amides is 1. The average molecular weight is 353 g/mol. The lowest BCUT2D eigenvalue weighted by atomic mass is 9.89. The molecule has 2 N–H and O–H groups in total. The Hall–Kier alpha value is -2.67. The third kappa shape index (κ3) is 2.78. The molecule has 1 aliphatic heterocycles. The SMILES string of the molecule is CC(C)n1cc([C@@]2(O)CCCN(C(=O)c3cccc4cc[nH]c34)C2)nn1. The summed E-state index contributed by atoms with van der Waals surface area (Å²) >= 11 is 0. The number of hydrogen-bond donors (Lipinski definition) is 2. The molecule has 7 heteroatoms. The van der Waals surface area contributed by atoms with Gasteiger partial charge in [-0.1, -0.05) is 17.3 Å². The standard InChI is InChI=1S/C19H23N5O2/c1-13(2)24-11-16(21-22-24)19(26)8-4-10-23(12-19)18(25)15-6-3-5-14-7-9-20-17(14)15/h3,5-7,9,11,13,20,26H,4,8,10,12H2,1-2H3/t19-/m1/s1. The summed E-state index contributed by atoms with van der Waals surface area (Å²) in [5.41, 5.74) is 0.826. The fourth-order valence-corrected chi connectivity index (χ4v) is 3.59. The van der Waals surface area contributed by atoms with Crippen molar-refractivity contribution >= 4 is 16.8 Å². The van der Waals surface area contributed by atoms with Crippen LogP contribution in [0.25, 0.3) is 10.9 Å². The molecule has 1 aliphatic rings. The molecule has 3 aromatic rings. The minimum atomic E-state index is -1.16. The van der Waals surface area contributed by atoms with Gasteiger partial charge in [0.2, 0.25) is 0 Å². The lowest BCUT2D eigenvalue weighted by molar-refractivity contribution is -0.0320. The van der Waals surface area contributed by atoms with Gasteiger partial charge in [0.25, 0.3) is 5.91 Å². The number of carbonyl (C=O) groups is 1. The van der Waals surface area contributed by atoms with Crippen LogP contribution >= 0.6 is 0 Å². The maximum atomic E-state index is 13.1. The molecule has 136 valence electrons. The van der Waals surface area contributed by atoms with Gasteiger partial charge in [-0.05, 0) is 38.8 Å². The minimum absolute atomic E-state index is 0.0765. The number of aromatic amines is 1. The van der Waals surface area contributed by atoms with Crippen molar-refractivity contribution in [3.05, 3.63) is 47.9 Å². The first-order chi connectivity index (χ1) is 12.5. The van der Waals surface area contributed by atoms with Gasteiger partial charge < -0.3 is 15.0 Å². The van der Waals surface area contributed by atoms with Crippen molar-refractivity contribution in [1.29, 1.82) is 0 Å². The van der Waals surface area contributed by atoms with Crippen LogP contribution in [0.15, 0.2) is 36.7 Å². The molecule has 1 fully saturated rings. The van der Waals surface area contributed by atoms with Crippen LogP contribution in [0, 0.1) is 0 Å².